The van der Waals surface area contributed by atoms with E-state index in [0.29, 0.717) is 12.5 Å². The van der Waals surface area contributed by atoms with Crippen molar-refractivity contribution in [2.45, 2.75) is 57.2 Å². The molecule has 2 atom stereocenters. The molecule has 1 aromatic rings. The maximum absolute atomic E-state index is 10.4. The van der Waals surface area contributed by atoms with Gasteiger partial charge in [-0.3, -0.25) is 0 Å². The van der Waals surface area contributed by atoms with E-state index in [1.54, 1.807) is 0 Å². The molecule has 3 rings (SSSR count). The summed E-state index contributed by atoms with van der Waals surface area (Å²) in [4.78, 5) is 2.27. The van der Waals surface area contributed by atoms with E-state index in [4.69, 9.17) is 0 Å². The second-order valence-corrected chi connectivity index (χ2v) is 6.70. The molecular formula is C18H27NO2. The Bertz CT molecular complexity index is 456. The molecule has 0 radical (unpaired) electrons. The van der Waals surface area contributed by atoms with Gasteiger partial charge in [-0.1, -0.05) is 43.9 Å². The molecule has 1 aliphatic heterocycles. The van der Waals surface area contributed by atoms with Crippen LogP contribution in [0, 0.1) is 5.92 Å². The number of rotatable bonds is 4. The van der Waals surface area contributed by atoms with E-state index in [9.17, 15) is 10.2 Å². The summed E-state index contributed by atoms with van der Waals surface area (Å²) < 4.78 is 0. The maximum Gasteiger partial charge on any atom is 0.0810 e. The van der Waals surface area contributed by atoms with Crippen molar-refractivity contribution in [2.75, 3.05) is 18.0 Å². The summed E-state index contributed by atoms with van der Waals surface area (Å²) in [5, 5.41) is 20.7. The van der Waals surface area contributed by atoms with Gasteiger partial charge in [-0.2, -0.15) is 0 Å². The number of β-amino-alcohol motifs (C(OH)–C–C–N with tert-alkyl or cyclic N) is 1. The number of hydrogen-bond acceptors (Lipinski definition) is 3. The molecule has 2 aliphatic rings. The largest absolute Gasteiger partial charge is 0.391 e. The molecule has 1 aliphatic carbocycles. The Morgan fingerprint density at radius 2 is 1.86 bits per heavy atom. The standard InChI is InChI=1S/C18H27NO2/c20-15(12-14-6-1-2-7-14)13-19-11-5-10-18(21)16-8-3-4-9-17(16)19/h3-4,8-9,14-15,18,20-21H,1-2,5-7,10-13H2. The molecule has 2 unspecified atom stereocenters. The highest BCUT2D eigenvalue weighted by molar-refractivity contribution is 5.55. The van der Waals surface area contributed by atoms with Gasteiger partial charge in [-0.05, 0) is 31.2 Å². The van der Waals surface area contributed by atoms with Crippen molar-refractivity contribution >= 4 is 5.69 Å². The number of para-hydroxylation sites is 1. The summed E-state index contributed by atoms with van der Waals surface area (Å²) in [6, 6.07) is 8.10. The molecule has 1 saturated carbocycles. The number of aliphatic hydroxyl groups is 2. The van der Waals surface area contributed by atoms with Gasteiger partial charge in [0, 0.05) is 24.3 Å². The van der Waals surface area contributed by atoms with Gasteiger partial charge >= 0.3 is 0 Å². The molecule has 1 heterocycles. The van der Waals surface area contributed by atoms with Crippen molar-refractivity contribution < 1.29 is 10.2 Å². The first kappa shape index (κ1) is 14.9. The number of anilines is 1. The first-order valence-corrected chi connectivity index (χ1v) is 8.44. The minimum atomic E-state index is -0.363. The van der Waals surface area contributed by atoms with Gasteiger partial charge in [-0.25, -0.2) is 0 Å². The zero-order valence-electron chi connectivity index (χ0n) is 12.7. The molecule has 3 nitrogen and oxygen atoms in total. The van der Waals surface area contributed by atoms with Crippen LogP contribution in [0.4, 0.5) is 5.69 Å². The summed E-state index contributed by atoms with van der Waals surface area (Å²) in [6.45, 7) is 1.62. The Hall–Kier alpha value is -1.06. The van der Waals surface area contributed by atoms with Crippen LogP contribution in [0.15, 0.2) is 24.3 Å². The van der Waals surface area contributed by atoms with Gasteiger partial charge in [0.15, 0.2) is 0 Å². The first-order valence-electron chi connectivity index (χ1n) is 8.44. The highest BCUT2D eigenvalue weighted by Gasteiger charge is 2.24. The van der Waals surface area contributed by atoms with Crippen LogP contribution < -0.4 is 4.90 Å². The minimum absolute atomic E-state index is 0.253. The van der Waals surface area contributed by atoms with Crippen LogP contribution in [0.5, 0.6) is 0 Å². The molecule has 0 spiro atoms. The maximum atomic E-state index is 10.4. The monoisotopic (exact) mass is 289 g/mol. The molecule has 0 aromatic heterocycles. The van der Waals surface area contributed by atoms with Crippen molar-refractivity contribution in [1.29, 1.82) is 0 Å². The SMILES string of the molecule is OC(CC1CCCC1)CN1CCCC(O)c2ccccc21. The lowest BCUT2D eigenvalue weighted by atomic mass is 9.99. The van der Waals surface area contributed by atoms with E-state index in [2.05, 4.69) is 11.0 Å². The van der Waals surface area contributed by atoms with E-state index >= 15 is 0 Å². The molecule has 116 valence electrons. The van der Waals surface area contributed by atoms with Crippen LogP contribution >= 0.6 is 0 Å². The number of benzene rings is 1. The Morgan fingerprint density at radius 1 is 1.10 bits per heavy atom. The molecule has 1 fully saturated rings. The Kier molecular flexibility index (Phi) is 4.81. The molecule has 0 amide bonds. The van der Waals surface area contributed by atoms with Crippen molar-refractivity contribution in [3.05, 3.63) is 29.8 Å². The van der Waals surface area contributed by atoms with Crippen LogP contribution in [-0.4, -0.2) is 29.4 Å². The summed E-state index contributed by atoms with van der Waals surface area (Å²) in [7, 11) is 0. The number of hydrogen-bond donors (Lipinski definition) is 2. The van der Waals surface area contributed by atoms with Gasteiger partial charge < -0.3 is 15.1 Å². The van der Waals surface area contributed by atoms with Gasteiger partial charge in [0.25, 0.3) is 0 Å². The van der Waals surface area contributed by atoms with Crippen molar-refractivity contribution in [2.24, 2.45) is 5.92 Å². The Balaban J connectivity index is 1.67. The fraction of sp³-hybridized carbons (Fsp3) is 0.667. The van der Waals surface area contributed by atoms with Gasteiger partial charge in [0.2, 0.25) is 0 Å². The van der Waals surface area contributed by atoms with E-state index in [1.807, 2.05) is 18.2 Å². The second kappa shape index (κ2) is 6.80. The topological polar surface area (TPSA) is 43.7 Å². The lowest BCUT2D eigenvalue weighted by molar-refractivity contribution is 0.148. The third-order valence-corrected chi connectivity index (χ3v) is 5.05. The molecular weight excluding hydrogens is 262 g/mol. The van der Waals surface area contributed by atoms with Gasteiger partial charge in [0.05, 0.1) is 12.2 Å². The second-order valence-electron chi connectivity index (χ2n) is 6.70. The third-order valence-electron chi connectivity index (χ3n) is 5.05. The fourth-order valence-electron chi connectivity index (χ4n) is 3.96. The van der Waals surface area contributed by atoms with Crippen LogP contribution in [0.1, 0.15) is 56.6 Å². The lowest BCUT2D eigenvalue weighted by Gasteiger charge is -2.28. The number of aliphatic hydroxyl groups excluding tert-OH is 2. The van der Waals surface area contributed by atoms with E-state index in [0.717, 1.165) is 37.1 Å². The number of nitrogens with zero attached hydrogens (tertiary/aromatic N) is 1. The van der Waals surface area contributed by atoms with Crippen LogP contribution in [0.25, 0.3) is 0 Å². The molecule has 3 heteroatoms. The van der Waals surface area contributed by atoms with Crippen molar-refractivity contribution in [3.8, 4) is 0 Å². The van der Waals surface area contributed by atoms with E-state index in [1.165, 1.54) is 25.7 Å². The Morgan fingerprint density at radius 3 is 2.67 bits per heavy atom. The third kappa shape index (κ3) is 3.58. The van der Waals surface area contributed by atoms with E-state index in [-0.39, 0.29) is 12.2 Å². The molecule has 1 aromatic carbocycles. The van der Waals surface area contributed by atoms with Crippen molar-refractivity contribution in [3.63, 3.8) is 0 Å². The highest BCUT2D eigenvalue weighted by Crippen LogP contribution is 2.33. The van der Waals surface area contributed by atoms with Gasteiger partial charge in [-0.15, -0.1) is 0 Å². The predicted octanol–water partition coefficient (Wildman–Crippen LogP) is 3.26. The predicted molar refractivity (Wildman–Crippen MR) is 85.4 cm³/mol. The minimum Gasteiger partial charge on any atom is -0.391 e. The highest BCUT2D eigenvalue weighted by atomic mass is 16.3. The van der Waals surface area contributed by atoms with Crippen LogP contribution in [0.3, 0.4) is 0 Å². The zero-order chi connectivity index (χ0) is 14.7. The van der Waals surface area contributed by atoms with Crippen molar-refractivity contribution in [1.82, 2.24) is 0 Å². The summed E-state index contributed by atoms with van der Waals surface area (Å²) in [5.74, 6) is 0.716. The fourth-order valence-corrected chi connectivity index (χ4v) is 3.96. The Labute approximate surface area is 127 Å². The first-order chi connectivity index (χ1) is 10.2. The zero-order valence-corrected chi connectivity index (χ0v) is 12.7. The quantitative estimate of drug-likeness (QED) is 0.894. The molecule has 2 N–H and O–H groups in total. The molecule has 0 saturated heterocycles. The molecule has 21 heavy (non-hydrogen) atoms. The smallest absolute Gasteiger partial charge is 0.0810 e. The van der Waals surface area contributed by atoms with Gasteiger partial charge in [0.1, 0.15) is 0 Å². The summed E-state index contributed by atoms with van der Waals surface area (Å²) in [6.07, 6.45) is 7.33. The van der Waals surface area contributed by atoms with Crippen LogP contribution in [0.2, 0.25) is 0 Å². The van der Waals surface area contributed by atoms with Crippen LogP contribution in [-0.2, 0) is 0 Å². The van der Waals surface area contributed by atoms with E-state index < -0.39 is 0 Å². The lowest BCUT2D eigenvalue weighted by Crippen LogP contribution is -2.34. The average molecular weight is 289 g/mol. The molecule has 0 bridgehead atoms. The average Bonchev–Trinajstić information content (AvgIpc) is 2.93. The summed E-state index contributed by atoms with van der Waals surface area (Å²) >= 11 is 0. The summed E-state index contributed by atoms with van der Waals surface area (Å²) in [5.41, 5.74) is 2.12. The number of fused-ring (bicyclic) bond motifs is 1. The normalized spacial score (nSPS) is 24.7.